The van der Waals surface area contributed by atoms with Crippen LogP contribution in [0.1, 0.15) is 42.9 Å². The molecular formula is C15H21Cl. The van der Waals surface area contributed by atoms with Crippen molar-refractivity contribution in [3.63, 3.8) is 0 Å². The second kappa shape index (κ2) is 4.41. The van der Waals surface area contributed by atoms with Crippen LogP contribution in [0.3, 0.4) is 0 Å². The predicted octanol–water partition coefficient (Wildman–Crippen LogP) is 4.64. The van der Waals surface area contributed by atoms with E-state index in [1.54, 1.807) is 0 Å². The number of hydrogen-bond acceptors (Lipinski definition) is 0. The monoisotopic (exact) mass is 236 g/mol. The molecule has 0 amide bonds. The largest absolute Gasteiger partial charge is 0.123 e. The first-order valence-electron chi connectivity index (χ1n) is 6.18. The zero-order chi connectivity index (χ0) is 11.8. The zero-order valence-electron chi connectivity index (χ0n) is 10.5. The molecule has 1 aromatic carbocycles. The van der Waals surface area contributed by atoms with Gasteiger partial charge in [-0.05, 0) is 50.5 Å². The minimum atomic E-state index is 0.399. The SMILES string of the molecule is Cc1cc(C)cc(CC2(C)CCC(Cl)C2)c1. The van der Waals surface area contributed by atoms with Crippen molar-refractivity contribution in [3.8, 4) is 0 Å². The first-order chi connectivity index (χ1) is 7.47. The summed E-state index contributed by atoms with van der Waals surface area (Å²) in [6, 6.07) is 6.88. The summed E-state index contributed by atoms with van der Waals surface area (Å²) >= 11 is 6.23. The fourth-order valence-electron chi connectivity index (χ4n) is 3.07. The molecule has 1 aromatic rings. The first-order valence-corrected chi connectivity index (χ1v) is 6.62. The van der Waals surface area contributed by atoms with Gasteiger partial charge in [0.25, 0.3) is 0 Å². The van der Waals surface area contributed by atoms with E-state index in [9.17, 15) is 0 Å². The molecule has 2 unspecified atom stereocenters. The molecule has 2 rings (SSSR count). The standard InChI is InChI=1S/C15H21Cl/c1-11-6-12(2)8-13(7-11)9-15(3)5-4-14(16)10-15/h6-8,14H,4-5,9-10H2,1-3H3. The highest BCUT2D eigenvalue weighted by molar-refractivity contribution is 6.20. The van der Waals surface area contributed by atoms with Crippen molar-refractivity contribution < 1.29 is 0 Å². The minimum Gasteiger partial charge on any atom is -0.123 e. The summed E-state index contributed by atoms with van der Waals surface area (Å²) < 4.78 is 0. The molecule has 1 fully saturated rings. The molecule has 1 heteroatoms. The Labute approximate surface area is 104 Å². The van der Waals surface area contributed by atoms with Crippen LogP contribution in [0.2, 0.25) is 0 Å². The van der Waals surface area contributed by atoms with Crippen LogP contribution < -0.4 is 0 Å². The molecule has 0 radical (unpaired) electrons. The maximum absolute atomic E-state index is 6.23. The summed E-state index contributed by atoms with van der Waals surface area (Å²) in [5, 5.41) is 0.399. The summed E-state index contributed by atoms with van der Waals surface area (Å²) in [4.78, 5) is 0. The molecule has 0 bridgehead atoms. The quantitative estimate of drug-likeness (QED) is 0.656. The molecule has 0 nitrogen and oxygen atoms in total. The topological polar surface area (TPSA) is 0 Å². The van der Waals surface area contributed by atoms with Gasteiger partial charge in [-0.1, -0.05) is 36.2 Å². The molecule has 0 spiro atoms. The van der Waals surface area contributed by atoms with Crippen LogP contribution in [-0.2, 0) is 6.42 Å². The van der Waals surface area contributed by atoms with Gasteiger partial charge in [0.1, 0.15) is 0 Å². The van der Waals surface area contributed by atoms with Crippen LogP contribution in [0.15, 0.2) is 18.2 Å². The van der Waals surface area contributed by atoms with Gasteiger partial charge < -0.3 is 0 Å². The Morgan fingerprint density at radius 3 is 2.38 bits per heavy atom. The van der Waals surface area contributed by atoms with Crippen LogP contribution in [0, 0.1) is 19.3 Å². The summed E-state index contributed by atoms with van der Waals surface area (Å²) in [6.07, 6.45) is 4.80. The average molecular weight is 237 g/mol. The summed E-state index contributed by atoms with van der Waals surface area (Å²) in [5.41, 5.74) is 4.65. The summed E-state index contributed by atoms with van der Waals surface area (Å²) in [5.74, 6) is 0. The molecule has 0 heterocycles. The smallest absolute Gasteiger partial charge is 0.0341 e. The van der Waals surface area contributed by atoms with Crippen LogP contribution in [0.25, 0.3) is 0 Å². The normalized spacial score (nSPS) is 29.6. The van der Waals surface area contributed by atoms with E-state index < -0.39 is 0 Å². The average Bonchev–Trinajstić information content (AvgIpc) is 2.43. The highest BCUT2D eigenvalue weighted by Gasteiger charge is 2.34. The fraction of sp³-hybridized carbons (Fsp3) is 0.600. The lowest BCUT2D eigenvalue weighted by molar-refractivity contribution is 0.335. The molecule has 0 aliphatic heterocycles. The molecule has 88 valence electrons. The van der Waals surface area contributed by atoms with Crippen LogP contribution in [0.4, 0.5) is 0 Å². The van der Waals surface area contributed by atoms with Crippen molar-refractivity contribution >= 4 is 11.6 Å². The van der Waals surface area contributed by atoms with Crippen molar-refractivity contribution in [2.75, 3.05) is 0 Å². The third-order valence-electron chi connectivity index (χ3n) is 3.69. The van der Waals surface area contributed by atoms with E-state index in [1.807, 2.05) is 0 Å². The first kappa shape index (κ1) is 12.0. The summed E-state index contributed by atoms with van der Waals surface area (Å²) in [6.45, 7) is 6.74. The number of hydrogen-bond donors (Lipinski definition) is 0. The number of aryl methyl sites for hydroxylation is 2. The van der Waals surface area contributed by atoms with Crippen molar-refractivity contribution in [1.82, 2.24) is 0 Å². The molecular weight excluding hydrogens is 216 g/mol. The maximum atomic E-state index is 6.23. The van der Waals surface area contributed by atoms with Gasteiger partial charge in [-0.2, -0.15) is 0 Å². The molecule has 16 heavy (non-hydrogen) atoms. The Bertz CT molecular complexity index is 363. The van der Waals surface area contributed by atoms with Gasteiger partial charge in [0.2, 0.25) is 0 Å². The van der Waals surface area contributed by atoms with Gasteiger partial charge in [-0.15, -0.1) is 11.6 Å². The van der Waals surface area contributed by atoms with E-state index in [4.69, 9.17) is 11.6 Å². The van der Waals surface area contributed by atoms with E-state index in [2.05, 4.69) is 39.0 Å². The van der Waals surface area contributed by atoms with Gasteiger partial charge in [-0.3, -0.25) is 0 Å². The predicted molar refractivity (Wildman–Crippen MR) is 71.2 cm³/mol. The van der Waals surface area contributed by atoms with Gasteiger partial charge >= 0.3 is 0 Å². The highest BCUT2D eigenvalue weighted by atomic mass is 35.5. The van der Waals surface area contributed by atoms with Crippen molar-refractivity contribution in [2.24, 2.45) is 5.41 Å². The Morgan fingerprint density at radius 1 is 1.25 bits per heavy atom. The van der Waals surface area contributed by atoms with Crippen molar-refractivity contribution in [2.45, 2.75) is 51.8 Å². The van der Waals surface area contributed by atoms with Gasteiger partial charge in [-0.25, -0.2) is 0 Å². The minimum absolute atomic E-state index is 0.399. The molecule has 1 aliphatic rings. The zero-order valence-corrected chi connectivity index (χ0v) is 11.3. The molecule has 0 aromatic heterocycles. The highest BCUT2D eigenvalue weighted by Crippen LogP contribution is 2.42. The van der Waals surface area contributed by atoms with Crippen molar-refractivity contribution in [1.29, 1.82) is 0 Å². The number of rotatable bonds is 2. The fourth-order valence-corrected chi connectivity index (χ4v) is 3.55. The Balaban J connectivity index is 2.14. The number of halogens is 1. The lowest BCUT2D eigenvalue weighted by Gasteiger charge is -2.24. The van der Waals surface area contributed by atoms with Gasteiger partial charge in [0.15, 0.2) is 0 Å². The second-order valence-corrected chi connectivity index (χ2v) is 6.44. The van der Waals surface area contributed by atoms with Crippen LogP contribution >= 0.6 is 11.6 Å². The Morgan fingerprint density at radius 2 is 1.88 bits per heavy atom. The number of benzene rings is 1. The van der Waals surface area contributed by atoms with E-state index in [0.29, 0.717) is 10.8 Å². The lowest BCUT2D eigenvalue weighted by atomic mass is 9.81. The molecule has 0 N–H and O–H groups in total. The second-order valence-electron chi connectivity index (χ2n) is 5.82. The van der Waals surface area contributed by atoms with E-state index in [1.165, 1.54) is 42.4 Å². The lowest BCUT2D eigenvalue weighted by Crippen LogP contribution is -2.15. The Kier molecular flexibility index (Phi) is 3.30. The summed E-state index contributed by atoms with van der Waals surface area (Å²) in [7, 11) is 0. The number of alkyl halides is 1. The van der Waals surface area contributed by atoms with Crippen LogP contribution in [0.5, 0.6) is 0 Å². The van der Waals surface area contributed by atoms with E-state index in [-0.39, 0.29) is 0 Å². The molecule has 2 atom stereocenters. The third kappa shape index (κ3) is 2.79. The van der Waals surface area contributed by atoms with Gasteiger partial charge in [0, 0.05) is 5.38 Å². The van der Waals surface area contributed by atoms with E-state index >= 15 is 0 Å². The van der Waals surface area contributed by atoms with E-state index in [0.717, 1.165) is 0 Å². The molecule has 0 saturated heterocycles. The van der Waals surface area contributed by atoms with Crippen LogP contribution in [-0.4, -0.2) is 5.38 Å². The third-order valence-corrected chi connectivity index (χ3v) is 4.06. The van der Waals surface area contributed by atoms with Gasteiger partial charge in [0.05, 0.1) is 0 Å². The molecule has 1 saturated carbocycles. The molecule has 1 aliphatic carbocycles. The Hall–Kier alpha value is -0.490. The van der Waals surface area contributed by atoms with Crippen molar-refractivity contribution in [3.05, 3.63) is 34.9 Å². The maximum Gasteiger partial charge on any atom is 0.0341 e.